The standard InChI is InChI=1S/C68H124N2O28/c1-4-6-8-10-12-14-16-18-19-21-23-25-27-29-31-33-48(78)70-41(42(77)32-30-28-26-24-22-20-17-15-13-11-9-7-5-2)39-89-65-57(86)55(84)61(47(38-75)94-65)96-68-58(87)62(51(80)44(35-72)92-68)97-64-49(69-40(3)76)53(82)60(46(37-74)93-64)95-67-59(88)63(52(81)45(36-73)91-67)98-66-56(85)54(83)50(79)43(34-71)90-66/h30,32,41-47,49-68,71-75,77,79-88H,4-29,31,33-39H2,1-3H3,(H,69,76)(H,70,78)/b32-30+/t41-,42+,43?,44?,45?,46?,47?,49?,50-,51-,52-,53+,54-,55+,56?,57?,58?,59?,60+,61+,62-,63-,64-,65+,66+,67-,68-/m0/s1. The summed E-state index contributed by atoms with van der Waals surface area (Å²) in [6.07, 6.45) is -11.4. The first kappa shape index (κ1) is 86.3. The molecule has 2 amide bonds. The number of aliphatic hydroxyl groups excluding tert-OH is 16. The molecule has 30 heteroatoms. The van der Waals surface area contributed by atoms with E-state index in [0.717, 1.165) is 51.9 Å². The maximum absolute atomic E-state index is 13.5. The number of unbranched alkanes of at least 4 members (excludes halogenated alkanes) is 25. The lowest BCUT2D eigenvalue weighted by molar-refractivity contribution is -0.387. The number of carbonyl (C=O) groups excluding carboxylic acids is 2. The summed E-state index contributed by atoms with van der Waals surface area (Å²) in [6, 6.07) is -2.81. The molecule has 0 spiro atoms. The smallest absolute Gasteiger partial charge is 0.220 e. The van der Waals surface area contributed by atoms with Gasteiger partial charge in [0.25, 0.3) is 0 Å². The van der Waals surface area contributed by atoms with Gasteiger partial charge in [0, 0.05) is 13.3 Å². The molecule has 0 aromatic heterocycles. The van der Waals surface area contributed by atoms with Crippen molar-refractivity contribution in [3.63, 3.8) is 0 Å². The van der Waals surface area contributed by atoms with Crippen LogP contribution in [0.3, 0.4) is 0 Å². The number of amides is 2. The first-order valence-corrected chi connectivity index (χ1v) is 36.5. The third-order valence-corrected chi connectivity index (χ3v) is 19.2. The van der Waals surface area contributed by atoms with Crippen molar-refractivity contribution in [2.45, 2.75) is 366 Å². The fraction of sp³-hybridized carbons (Fsp3) is 0.941. The molecule has 5 rings (SSSR count). The molecule has 0 saturated carbocycles. The molecule has 5 saturated heterocycles. The summed E-state index contributed by atoms with van der Waals surface area (Å²) in [5.41, 5.74) is 0. The van der Waals surface area contributed by atoms with Gasteiger partial charge in [-0.3, -0.25) is 9.59 Å². The Labute approximate surface area is 577 Å². The van der Waals surface area contributed by atoms with Gasteiger partial charge in [0.2, 0.25) is 11.8 Å². The summed E-state index contributed by atoms with van der Waals surface area (Å²) in [6.45, 7) is 0.333. The molecule has 5 fully saturated rings. The number of allylic oxidation sites excluding steroid dienone is 1. The summed E-state index contributed by atoms with van der Waals surface area (Å²) in [7, 11) is 0. The number of rotatable bonds is 48. The lowest BCUT2D eigenvalue weighted by atomic mass is 9.94. The van der Waals surface area contributed by atoms with Gasteiger partial charge in [-0.05, 0) is 19.3 Å². The second-order valence-electron chi connectivity index (χ2n) is 27.1. The third kappa shape index (κ3) is 27.0. The van der Waals surface area contributed by atoms with E-state index in [2.05, 4.69) is 24.5 Å². The van der Waals surface area contributed by atoms with Gasteiger partial charge in [-0.25, -0.2) is 0 Å². The Kier molecular flexibility index (Phi) is 41.5. The van der Waals surface area contributed by atoms with E-state index in [-0.39, 0.29) is 12.3 Å². The highest BCUT2D eigenvalue weighted by molar-refractivity contribution is 5.76. The highest BCUT2D eigenvalue weighted by Crippen LogP contribution is 2.36. The van der Waals surface area contributed by atoms with E-state index < -0.39 is 211 Å². The normalized spacial score (nSPS) is 36.1. The molecule has 0 bridgehead atoms. The van der Waals surface area contributed by atoms with Crippen LogP contribution in [0.5, 0.6) is 0 Å². The van der Waals surface area contributed by atoms with E-state index in [9.17, 15) is 91.3 Å². The average Bonchev–Trinajstić information content (AvgIpc) is 0.778. The number of nitrogens with one attached hydrogen (secondary N) is 2. The van der Waals surface area contributed by atoms with Crippen LogP contribution in [0, 0.1) is 0 Å². The van der Waals surface area contributed by atoms with Gasteiger partial charge < -0.3 is 140 Å². The lowest BCUT2D eigenvalue weighted by Crippen LogP contribution is -2.70. The Morgan fingerprint density at radius 1 is 0.398 bits per heavy atom. The molecule has 5 heterocycles. The molecular weight excluding hydrogens is 1290 g/mol. The van der Waals surface area contributed by atoms with Crippen molar-refractivity contribution in [3.8, 4) is 0 Å². The topological polar surface area (TPSA) is 474 Å². The van der Waals surface area contributed by atoms with Gasteiger partial charge in [-0.1, -0.05) is 180 Å². The first-order chi connectivity index (χ1) is 47.2. The second-order valence-corrected chi connectivity index (χ2v) is 27.1. The van der Waals surface area contributed by atoms with Crippen molar-refractivity contribution in [3.05, 3.63) is 12.2 Å². The molecule has 18 N–H and O–H groups in total. The van der Waals surface area contributed by atoms with E-state index in [1.54, 1.807) is 6.08 Å². The number of hydrogen-bond acceptors (Lipinski definition) is 28. The van der Waals surface area contributed by atoms with Gasteiger partial charge >= 0.3 is 0 Å². The predicted molar refractivity (Wildman–Crippen MR) is 350 cm³/mol. The quantitative estimate of drug-likeness (QED) is 0.0272. The number of aliphatic hydroxyl groups is 16. The zero-order valence-electron chi connectivity index (χ0n) is 57.8. The van der Waals surface area contributed by atoms with Crippen molar-refractivity contribution < 1.29 is 139 Å². The van der Waals surface area contributed by atoms with Gasteiger partial charge in [-0.15, -0.1) is 0 Å². The summed E-state index contributed by atoms with van der Waals surface area (Å²) in [4.78, 5) is 26.2. The second kappa shape index (κ2) is 47.2. The summed E-state index contributed by atoms with van der Waals surface area (Å²) in [5, 5.41) is 181. The number of ether oxygens (including phenoxy) is 10. The fourth-order valence-corrected chi connectivity index (χ4v) is 13.2. The van der Waals surface area contributed by atoms with E-state index in [1.165, 1.54) is 116 Å². The maximum atomic E-state index is 13.5. The van der Waals surface area contributed by atoms with E-state index in [4.69, 9.17) is 47.4 Å². The molecule has 0 aliphatic carbocycles. The van der Waals surface area contributed by atoms with Crippen molar-refractivity contribution in [2.24, 2.45) is 0 Å². The minimum Gasteiger partial charge on any atom is -0.394 e. The Hall–Kier alpha value is -2.36. The van der Waals surface area contributed by atoms with Crippen LogP contribution in [0.4, 0.5) is 0 Å². The van der Waals surface area contributed by atoms with Crippen molar-refractivity contribution in [2.75, 3.05) is 39.6 Å². The monoisotopic (exact) mass is 1420 g/mol. The molecule has 30 nitrogen and oxygen atoms in total. The van der Waals surface area contributed by atoms with Gasteiger partial charge in [-0.2, -0.15) is 0 Å². The zero-order chi connectivity index (χ0) is 71.7. The van der Waals surface area contributed by atoms with Crippen molar-refractivity contribution >= 4 is 11.8 Å². The Bertz CT molecular complexity index is 2150. The average molecular weight is 1420 g/mol. The van der Waals surface area contributed by atoms with E-state index in [0.29, 0.717) is 12.8 Å². The SMILES string of the molecule is CCCCCCCCCCCCC/C=C/[C@@H](O)[C@H](CO[C@@H]1OC(CO)[C@@H](O[C@@H]2OC(CO)[C@H](O)[C@H](O[C@@H]3OC(CO)[C@@H](O[C@@H]4OC(CO)[C@H](O)[C@H](O[C@H]5OC(CO)[C@H](O)[C@H](O)C5O)C4O)[C@H](O)C3NC(C)=O)C2O)[C@H](O)C1O)NC(=O)CCCCCCCCCCCCCCCCC. The van der Waals surface area contributed by atoms with Crippen LogP contribution in [-0.4, -0.2) is 299 Å². The lowest BCUT2D eigenvalue weighted by Gasteiger charge is -2.50. The number of carbonyl (C=O) groups is 2. The molecule has 574 valence electrons. The molecule has 5 aliphatic heterocycles. The highest BCUT2D eigenvalue weighted by atomic mass is 16.8. The van der Waals surface area contributed by atoms with Crippen LogP contribution in [0.2, 0.25) is 0 Å². The Morgan fingerprint density at radius 2 is 0.755 bits per heavy atom. The molecule has 10 unspecified atom stereocenters. The predicted octanol–water partition coefficient (Wildman–Crippen LogP) is -0.392. The molecular formula is C68H124N2O28. The summed E-state index contributed by atoms with van der Waals surface area (Å²) < 4.78 is 58.3. The molecule has 0 aromatic rings. The largest absolute Gasteiger partial charge is 0.394 e. The van der Waals surface area contributed by atoms with Crippen LogP contribution in [-0.2, 0) is 57.0 Å². The molecule has 5 aliphatic rings. The van der Waals surface area contributed by atoms with Crippen LogP contribution in [0.15, 0.2) is 12.2 Å². The minimum absolute atomic E-state index is 0.193. The van der Waals surface area contributed by atoms with E-state index >= 15 is 0 Å². The van der Waals surface area contributed by atoms with Crippen molar-refractivity contribution in [1.82, 2.24) is 10.6 Å². The summed E-state index contributed by atoms with van der Waals surface area (Å²) in [5.74, 6) is -1.15. The number of hydrogen-bond donors (Lipinski definition) is 18. The third-order valence-electron chi connectivity index (χ3n) is 19.2. The Morgan fingerprint density at radius 3 is 1.19 bits per heavy atom. The highest BCUT2D eigenvalue weighted by Gasteiger charge is 2.57. The van der Waals surface area contributed by atoms with Gasteiger partial charge in [0.15, 0.2) is 31.5 Å². The molecule has 0 aromatic carbocycles. The van der Waals surface area contributed by atoms with Crippen LogP contribution in [0.25, 0.3) is 0 Å². The fourth-order valence-electron chi connectivity index (χ4n) is 13.2. The van der Waals surface area contributed by atoms with Crippen LogP contribution >= 0.6 is 0 Å². The maximum Gasteiger partial charge on any atom is 0.220 e. The Balaban J connectivity index is 1.21. The minimum atomic E-state index is -2.15. The van der Waals surface area contributed by atoms with Gasteiger partial charge in [0.1, 0.15) is 122 Å². The van der Waals surface area contributed by atoms with Crippen LogP contribution in [0.1, 0.15) is 201 Å². The van der Waals surface area contributed by atoms with Gasteiger partial charge in [0.05, 0.1) is 51.8 Å². The van der Waals surface area contributed by atoms with E-state index in [1.807, 2.05) is 6.08 Å². The van der Waals surface area contributed by atoms with Crippen molar-refractivity contribution in [1.29, 1.82) is 0 Å². The summed E-state index contributed by atoms with van der Waals surface area (Å²) >= 11 is 0. The van der Waals surface area contributed by atoms with Crippen LogP contribution < -0.4 is 10.6 Å². The first-order valence-electron chi connectivity index (χ1n) is 36.5. The molecule has 27 atom stereocenters. The zero-order valence-corrected chi connectivity index (χ0v) is 57.8. The molecule has 0 radical (unpaired) electrons. The molecule has 98 heavy (non-hydrogen) atoms.